The lowest BCUT2D eigenvalue weighted by atomic mass is 10.1. The summed E-state index contributed by atoms with van der Waals surface area (Å²) in [6.45, 7) is 3.33. The molecule has 0 bridgehead atoms. The fraction of sp³-hybridized carbons (Fsp3) is 0.857. The molecule has 0 spiro atoms. The van der Waals surface area contributed by atoms with Crippen LogP contribution in [0.5, 0.6) is 0 Å². The van der Waals surface area contributed by atoms with Crippen molar-refractivity contribution in [1.82, 2.24) is 4.90 Å². The molecule has 1 N–H and O–H groups in total. The molecule has 2 heterocycles. The van der Waals surface area contributed by atoms with Crippen LogP contribution in [0.3, 0.4) is 0 Å². The third-order valence-corrected chi connectivity index (χ3v) is 3.96. The average Bonchev–Trinajstić information content (AvgIpc) is 2.82. The van der Waals surface area contributed by atoms with Crippen LogP contribution < -0.4 is 0 Å². The predicted molar refractivity (Wildman–Crippen MR) is 71.4 cm³/mol. The second-order valence-corrected chi connectivity index (χ2v) is 5.60. The first-order valence-corrected chi connectivity index (χ1v) is 7.30. The zero-order valence-electron chi connectivity index (χ0n) is 11.9. The van der Waals surface area contributed by atoms with Gasteiger partial charge in [-0.05, 0) is 26.2 Å². The van der Waals surface area contributed by atoms with Crippen LogP contribution in [0, 0.1) is 0 Å². The number of aliphatic carboxylic acids is 1. The van der Waals surface area contributed by atoms with Gasteiger partial charge < -0.3 is 19.5 Å². The monoisotopic (exact) mass is 285 g/mol. The number of carbonyl (C=O) groups is 2. The van der Waals surface area contributed by atoms with Crippen LogP contribution in [0.4, 0.5) is 0 Å². The molecule has 2 fully saturated rings. The SMILES string of the molecule is CC1CCC(CCC(=O)N2CCOCC2CC(=O)O)O1. The van der Waals surface area contributed by atoms with Gasteiger partial charge in [0.25, 0.3) is 0 Å². The van der Waals surface area contributed by atoms with E-state index in [1.807, 2.05) is 6.92 Å². The molecule has 2 saturated heterocycles. The second-order valence-electron chi connectivity index (χ2n) is 5.60. The first-order chi connectivity index (χ1) is 9.56. The average molecular weight is 285 g/mol. The fourth-order valence-electron chi connectivity index (χ4n) is 2.88. The summed E-state index contributed by atoms with van der Waals surface area (Å²) in [6, 6.07) is -0.336. The van der Waals surface area contributed by atoms with E-state index in [2.05, 4.69) is 0 Å². The van der Waals surface area contributed by atoms with Gasteiger partial charge in [-0.3, -0.25) is 9.59 Å². The number of hydrogen-bond donors (Lipinski definition) is 1. The molecular formula is C14H23NO5. The van der Waals surface area contributed by atoms with Crippen molar-refractivity contribution >= 4 is 11.9 Å². The molecule has 0 aromatic heterocycles. The van der Waals surface area contributed by atoms with Crippen LogP contribution in [-0.4, -0.2) is 59.9 Å². The van der Waals surface area contributed by atoms with E-state index in [4.69, 9.17) is 14.6 Å². The molecule has 2 aliphatic heterocycles. The lowest BCUT2D eigenvalue weighted by Gasteiger charge is -2.35. The van der Waals surface area contributed by atoms with Gasteiger partial charge in [0.1, 0.15) is 0 Å². The molecule has 2 aliphatic rings. The Morgan fingerprint density at radius 3 is 2.80 bits per heavy atom. The highest BCUT2D eigenvalue weighted by atomic mass is 16.5. The predicted octanol–water partition coefficient (Wildman–Crippen LogP) is 1.04. The normalized spacial score (nSPS) is 30.4. The highest BCUT2D eigenvalue weighted by molar-refractivity contribution is 5.77. The molecule has 0 radical (unpaired) electrons. The molecule has 6 heteroatoms. The van der Waals surface area contributed by atoms with Crippen molar-refractivity contribution in [2.75, 3.05) is 19.8 Å². The highest BCUT2D eigenvalue weighted by Gasteiger charge is 2.30. The van der Waals surface area contributed by atoms with E-state index in [0.29, 0.717) is 32.3 Å². The third-order valence-electron chi connectivity index (χ3n) is 3.96. The van der Waals surface area contributed by atoms with Crippen LogP contribution in [0.15, 0.2) is 0 Å². The molecule has 0 saturated carbocycles. The smallest absolute Gasteiger partial charge is 0.305 e. The topological polar surface area (TPSA) is 76.1 Å². The zero-order chi connectivity index (χ0) is 14.5. The Kier molecular flexibility index (Phi) is 5.37. The van der Waals surface area contributed by atoms with Crippen molar-refractivity contribution in [3.05, 3.63) is 0 Å². The molecule has 0 aromatic carbocycles. The minimum absolute atomic E-state index is 0.0164. The molecular weight excluding hydrogens is 262 g/mol. The number of amides is 1. The van der Waals surface area contributed by atoms with Crippen molar-refractivity contribution in [3.63, 3.8) is 0 Å². The first kappa shape index (κ1) is 15.3. The van der Waals surface area contributed by atoms with E-state index in [1.54, 1.807) is 4.90 Å². The molecule has 6 nitrogen and oxygen atoms in total. The number of nitrogens with zero attached hydrogens (tertiary/aromatic N) is 1. The third kappa shape index (κ3) is 4.18. The molecule has 0 aromatic rings. The van der Waals surface area contributed by atoms with Gasteiger partial charge in [-0.1, -0.05) is 0 Å². The van der Waals surface area contributed by atoms with Crippen molar-refractivity contribution in [2.45, 2.75) is 57.3 Å². The lowest BCUT2D eigenvalue weighted by Crippen LogP contribution is -2.49. The van der Waals surface area contributed by atoms with E-state index >= 15 is 0 Å². The summed E-state index contributed by atoms with van der Waals surface area (Å²) in [5.41, 5.74) is 0. The maximum Gasteiger partial charge on any atom is 0.305 e. The van der Waals surface area contributed by atoms with Gasteiger partial charge in [0, 0.05) is 13.0 Å². The maximum atomic E-state index is 12.3. The molecule has 20 heavy (non-hydrogen) atoms. The van der Waals surface area contributed by atoms with Crippen LogP contribution in [-0.2, 0) is 19.1 Å². The van der Waals surface area contributed by atoms with E-state index in [1.165, 1.54) is 0 Å². The van der Waals surface area contributed by atoms with Gasteiger partial charge in [0.15, 0.2) is 0 Å². The summed E-state index contributed by atoms with van der Waals surface area (Å²) < 4.78 is 11.0. The number of carbonyl (C=O) groups excluding carboxylic acids is 1. The lowest BCUT2D eigenvalue weighted by molar-refractivity contribution is -0.146. The first-order valence-electron chi connectivity index (χ1n) is 7.30. The number of rotatable bonds is 5. The summed E-state index contributed by atoms with van der Waals surface area (Å²) in [6.07, 6.45) is 3.62. The van der Waals surface area contributed by atoms with E-state index < -0.39 is 5.97 Å². The van der Waals surface area contributed by atoms with E-state index in [-0.39, 0.29) is 24.5 Å². The molecule has 3 atom stereocenters. The van der Waals surface area contributed by atoms with Gasteiger partial charge >= 0.3 is 5.97 Å². The maximum absolute atomic E-state index is 12.3. The minimum atomic E-state index is -0.897. The largest absolute Gasteiger partial charge is 0.481 e. The van der Waals surface area contributed by atoms with Crippen molar-refractivity contribution in [1.29, 1.82) is 0 Å². The Bertz CT molecular complexity index is 359. The Balaban J connectivity index is 1.81. The van der Waals surface area contributed by atoms with E-state index in [0.717, 1.165) is 19.3 Å². The Labute approximate surface area is 119 Å². The van der Waals surface area contributed by atoms with Gasteiger partial charge in [0.05, 0.1) is 37.9 Å². The van der Waals surface area contributed by atoms with Crippen molar-refractivity contribution in [3.8, 4) is 0 Å². The summed E-state index contributed by atoms with van der Waals surface area (Å²) >= 11 is 0. The van der Waals surface area contributed by atoms with Gasteiger partial charge in [0.2, 0.25) is 5.91 Å². The Hall–Kier alpha value is -1.14. The number of ether oxygens (including phenoxy) is 2. The molecule has 1 amide bonds. The second kappa shape index (κ2) is 7.04. The molecule has 0 aliphatic carbocycles. The summed E-state index contributed by atoms with van der Waals surface area (Å²) in [5, 5.41) is 8.88. The molecule has 2 rings (SSSR count). The fourth-order valence-corrected chi connectivity index (χ4v) is 2.88. The van der Waals surface area contributed by atoms with Crippen molar-refractivity contribution in [2.24, 2.45) is 0 Å². The summed E-state index contributed by atoms with van der Waals surface area (Å²) in [4.78, 5) is 24.7. The van der Waals surface area contributed by atoms with Gasteiger partial charge in [-0.2, -0.15) is 0 Å². The van der Waals surface area contributed by atoms with Gasteiger partial charge in [-0.15, -0.1) is 0 Å². The number of morpholine rings is 1. The van der Waals surface area contributed by atoms with Crippen LogP contribution in [0.1, 0.15) is 39.0 Å². The minimum Gasteiger partial charge on any atom is -0.481 e. The molecule has 3 unspecified atom stereocenters. The summed E-state index contributed by atoms with van der Waals surface area (Å²) in [7, 11) is 0. The Morgan fingerprint density at radius 2 is 2.15 bits per heavy atom. The van der Waals surface area contributed by atoms with E-state index in [9.17, 15) is 9.59 Å². The quantitative estimate of drug-likeness (QED) is 0.816. The van der Waals surface area contributed by atoms with Gasteiger partial charge in [-0.25, -0.2) is 0 Å². The molecule has 114 valence electrons. The number of carboxylic acids is 1. The number of carboxylic acid groups (broad SMARTS) is 1. The Morgan fingerprint density at radius 1 is 1.35 bits per heavy atom. The van der Waals surface area contributed by atoms with Crippen LogP contribution >= 0.6 is 0 Å². The number of hydrogen-bond acceptors (Lipinski definition) is 4. The van der Waals surface area contributed by atoms with Crippen LogP contribution in [0.25, 0.3) is 0 Å². The standard InChI is InChI=1S/C14H23NO5/c1-10-2-3-12(20-10)4-5-13(16)15-6-7-19-9-11(15)8-14(17)18/h10-12H,2-9H2,1H3,(H,17,18). The summed E-state index contributed by atoms with van der Waals surface area (Å²) in [5.74, 6) is -0.881. The highest BCUT2D eigenvalue weighted by Crippen LogP contribution is 2.23. The van der Waals surface area contributed by atoms with Crippen LogP contribution in [0.2, 0.25) is 0 Å². The zero-order valence-corrected chi connectivity index (χ0v) is 11.9. The van der Waals surface area contributed by atoms with Crippen molar-refractivity contribution < 1.29 is 24.2 Å².